The topological polar surface area (TPSA) is 122 Å². The van der Waals surface area contributed by atoms with Gasteiger partial charge >= 0.3 is 0 Å². The van der Waals surface area contributed by atoms with Crippen molar-refractivity contribution < 1.29 is 23.9 Å². The van der Waals surface area contributed by atoms with Gasteiger partial charge < -0.3 is 28.9 Å². The van der Waals surface area contributed by atoms with Crippen LogP contribution in [0.25, 0.3) is 10.9 Å². The molecule has 162 valence electrons. The maximum atomic E-state index is 13.1. The minimum atomic E-state index is -0.501. The van der Waals surface area contributed by atoms with E-state index in [1.54, 1.807) is 31.4 Å². The number of ether oxygens (including phenoxy) is 3. The molecule has 10 nitrogen and oxygen atoms in total. The molecule has 0 fully saturated rings. The van der Waals surface area contributed by atoms with E-state index in [-0.39, 0.29) is 24.5 Å². The van der Waals surface area contributed by atoms with Crippen LogP contribution in [0.2, 0.25) is 0 Å². The van der Waals surface area contributed by atoms with Crippen LogP contribution in [0.5, 0.6) is 17.2 Å². The summed E-state index contributed by atoms with van der Waals surface area (Å²) in [4.78, 5) is 32.1. The normalized spacial score (nSPS) is 11.6. The first-order valence-electron chi connectivity index (χ1n) is 8.85. The number of nitro groups is 1. The molecule has 1 aromatic heterocycles. The van der Waals surface area contributed by atoms with E-state index in [0.29, 0.717) is 38.3 Å². The zero-order valence-electron chi connectivity index (χ0n) is 16.6. The maximum absolute atomic E-state index is 13.1. The number of methoxy groups -OCH3 is 2. The Balaban J connectivity index is 0.00000132. The van der Waals surface area contributed by atoms with Gasteiger partial charge in [0.2, 0.25) is 0 Å². The highest BCUT2D eigenvalue weighted by Crippen LogP contribution is 2.39. The minimum Gasteiger partial charge on any atom is -0.497 e. The molecule has 0 saturated carbocycles. The Morgan fingerprint density at radius 2 is 2.00 bits per heavy atom. The third-order valence-electron chi connectivity index (χ3n) is 4.77. The SMILES string of the molecule is C=O.COc1ccc(Cn2c(=O)c3c(c4cc(Br)c([N+](=O)[O-])cc42)OCN3)c(OC)c1. The van der Waals surface area contributed by atoms with Gasteiger partial charge in [0, 0.05) is 23.1 Å². The lowest BCUT2D eigenvalue weighted by atomic mass is 10.1. The predicted molar refractivity (Wildman–Crippen MR) is 117 cm³/mol. The molecule has 31 heavy (non-hydrogen) atoms. The molecule has 0 atom stereocenters. The Kier molecular flexibility index (Phi) is 6.44. The summed E-state index contributed by atoms with van der Waals surface area (Å²) in [5, 5.41) is 15.0. The number of fused-ring (bicyclic) bond motifs is 3. The van der Waals surface area contributed by atoms with Gasteiger partial charge in [-0.1, -0.05) is 0 Å². The monoisotopic (exact) mass is 491 g/mol. The largest absolute Gasteiger partial charge is 0.497 e. The van der Waals surface area contributed by atoms with Crippen LogP contribution in [-0.2, 0) is 11.3 Å². The number of nitrogens with zero attached hydrogens (tertiary/aromatic N) is 2. The van der Waals surface area contributed by atoms with Crippen LogP contribution in [0.3, 0.4) is 0 Å². The van der Waals surface area contributed by atoms with Crippen LogP contribution in [0.15, 0.2) is 39.6 Å². The minimum absolute atomic E-state index is 0.141. The number of benzene rings is 2. The molecule has 0 unspecified atom stereocenters. The molecular weight excluding hydrogens is 474 g/mol. The summed E-state index contributed by atoms with van der Waals surface area (Å²) >= 11 is 3.24. The Hall–Kier alpha value is -3.60. The van der Waals surface area contributed by atoms with E-state index in [1.165, 1.54) is 17.7 Å². The third kappa shape index (κ3) is 3.91. The van der Waals surface area contributed by atoms with Gasteiger partial charge in [-0.2, -0.15) is 0 Å². The second kappa shape index (κ2) is 9.04. The second-order valence-corrected chi connectivity index (χ2v) is 7.17. The number of carbonyl (C=O) groups excluding carboxylic acids is 1. The molecule has 0 spiro atoms. The van der Waals surface area contributed by atoms with Crippen molar-refractivity contribution in [1.29, 1.82) is 0 Å². The Bertz CT molecular complexity index is 1230. The molecule has 11 heteroatoms. The number of halogens is 1. The number of carbonyl (C=O) groups is 1. The lowest BCUT2D eigenvalue weighted by Crippen LogP contribution is -2.23. The standard InChI is InChI=1S/C19H16BrN3O6.CH2O/c1-27-11-4-3-10(16(5-11)28-2)8-22-14-7-15(23(25)26)13(20)6-12(14)18-17(19(22)24)21-9-29-18;1-2/h3-7,21H,8-9H2,1-2H3;1H2. The van der Waals surface area contributed by atoms with E-state index < -0.39 is 4.92 Å². The summed E-state index contributed by atoms with van der Waals surface area (Å²) in [5.74, 6) is 1.55. The lowest BCUT2D eigenvalue weighted by molar-refractivity contribution is -0.385. The molecule has 0 bridgehead atoms. The molecule has 0 amide bonds. The van der Waals surface area contributed by atoms with E-state index in [9.17, 15) is 14.9 Å². The fourth-order valence-electron chi connectivity index (χ4n) is 3.37. The number of anilines is 1. The van der Waals surface area contributed by atoms with Crippen molar-refractivity contribution in [3.8, 4) is 17.2 Å². The quantitative estimate of drug-likeness (QED) is 0.425. The summed E-state index contributed by atoms with van der Waals surface area (Å²) < 4.78 is 18.0. The Morgan fingerprint density at radius 1 is 1.26 bits per heavy atom. The number of pyridine rings is 1. The summed E-state index contributed by atoms with van der Waals surface area (Å²) in [7, 11) is 3.08. The van der Waals surface area contributed by atoms with Gasteiger partial charge in [-0.3, -0.25) is 14.9 Å². The molecule has 3 aromatic rings. The van der Waals surface area contributed by atoms with Crippen LogP contribution < -0.4 is 25.1 Å². The molecule has 1 N–H and O–H groups in total. The maximum Gasteiger partial charge on any atom is 0.285 e. The Labute approximate surface area is 184 Å². The van der Waals surface area contributed by atoms with Gasteiger partial charge in [0.25, 0.3) is 11.2 Å². The van der Waals surface area contributed by atoms with Gasteiger partial charge in [0.1, 0.15) is 24.0 Å². The van der Waals surface area contributed by atoms with Crippen LogP contribution in [0, 0.1) is 10.1 Å². The number of nitro benzene ring substituents is 1. The molecule has 0 aliphatic carbocycles. The van der Waals surface area contributed by atoms with Crippen molar-refractivity contribution in [2.45, 2.75) is 6.54 Å². The van der Waals surface area contributed by atoms with Crippen molar-refractivity contribution in [2.24, 2.45) is 0 Å². The Morgan fingerprint density at radius 3 is 2.65 bits per heavy atom. The lowest BCUT2D eigenvalue weighted by Gasteiger charge is -2.16. The van der Waals surface area contributed by atoms with E-state index in [4.69, 9.17) is 19.0 Å². The molecule has 1 aliphatic rings. The van der Waals surface area contributed by atoms with E-state index in [0.717, 1.165) is 5.56 Å². The average molecular weight is 492 g/mol. The van der Waals surface area contributed by atoms with Gasteiger partial charge in [-0.05, 0) is 34.1 Å². The molecular formula is C20H18BrN3O7. The van der Waals surface area contributed by atoms with Crippen LogP contribution >= 0.6 is 15.9 Å². The van der Waals surface area contributed by atoms with Crippen LogP contribution in [-0.4, -0.2) is 37.2 Å². The molecule has 2 aromatic carbocycles. The molecule has 2 heterocycles. The molecule has 0 saturated heterocycles. The van der Waals surface area contributed by atoms with Crippen molar-refractivity contribution in [3.63, 3.8) is 0 Å². The summed E-state index contributed by atoms with van der Waals surface area (Å²) in [6.45, 7) is 2.31. The van der Waals surface area contributed by atoms with Crippen LogP contribution in [0.4, 0.5) is 11.4 Å². The van der Waals surface area contributed by atoms with Gasteiger partial charge in [-0.15, -0.1) is 0 Å². The van der Waals surface area contributed by atoms with Gasteiger partial charge in [-0.25, -0.2) is 0 Å². The number of hydrogen-bond acceptors (Lipinski definition) is 8. The second-order valence-electron chi connectivity index (χ2n) is 6.32. The summed E-state index contributed by atoms with van der Waals surface area (Å²) in [5.41, 5.74) is 0.967. The predicted octanol–water partition coefficient (Wildman–Crippen LogP) is 3.31. The number of nitrogens with one attached hydrogen (secondary N) is 1. The van der Waals surface area contributed by atoms with Crippen molar-refractivity contribution in [2.75, 3.05) is 26.3 Å². The van der Waals surface area contributed by atoms with E-state index >= 15 is 0 Å². The highest BCUT2D eigenvalue weighted by molar-refractivity contribution is 9.10. The average Bonchev–Trinajstić information content (AvgIpc) is 3.28. The van der Waals surface area contributed by atoms with Crippen molar-refractivity contribution in [3.05, 3.63) is 60.8 Å². The van der Waals surface area contributed by atoms with Crippen molar-refractivity contribution in [1.82, 2.24) is 4.57 Å². The molecule has 0 radical (unpaired) electrons. The van der Waals surface area contributed by atoms with Gasteiger partial charge in [0.05, 0.1) is 35.7 Å². The summed E-state index contributed by atoms with van der Waals surface area (Å²) in [6, 6.07) is 8.24. The van der Waals surface area contributed by atoms with E-state index in [1.807, 2.05) is 6.79 Å². The molecule has 1 aliphatic heterocycles. The first-order valence-corrected chi connectivity index (χ1v) is 9.64. The zero-order valence-corrected chi connectivity index (χ0v) is 18.2. The number of hydrogen-bond donors (Lipinski definition) is 1. The highest BCUT2D eigenvalue weighted by Gasteiger charge is 2.26. The fraction of sp³-hybridized carbons (Fsp3) is 0.200. The number of aromatic nitrogens is 1. The third-order valence-corrected chi connectivity index (χ3v) is 5.41. The highest BCUT2D eigenvalue weighted by atomic mass is 79.9. The van der Waals surface area contributed by atoms with Gasteiger partial charge in [0.15, 0.2) is 12.5 Å². The zero-order chi connectivity index (χ0) is 22.7. The smallest absolute Gasteiger partial charge is 0.285 e. The van der Waals surface area contributed by atoms with Crippen molar-refractivity contribution >= 4 is 45.0 Å². The first kappa shape index (κ1) is 22.1. The fourth-order valence-corrected chi connectivity index (χ4v) is 3.86. The first-order chi connectivity index (χ1) is 14.9. The van der Waals surface area contributed by atoms with E-state index in [2.05, 4.69) is 21.2 Å². The molecule has 4 rings (SSSR count). The summed E-state index contributed by atoms with van der Waals surface area (Å²) in [6.07, 6.45) is 0. The number of rotatable bonds is 5. The van der Waals surface area contributed by atoms with Crippen LogP contribution in [0.1, 0.15) is 5.56 Å².